The van der Waals surface area contributed by atoms with Crippen molar-refractivity contribution in [2.45, 2.75) is 31.6 Å². The van der Waals surface area contributed by atoms with Crippen LogP contribution in [0, 0.1) is 0 Å². The fraction of sp³-hybridized carbons (Fsp3) is 0.292. The van der Waals surface area contributed by atoms with Crippen LogP contribution in [-0.4, -0.2) is 31.2 Å². The zero-order valence-electron chi connectivity index (χ0n) is 17.1. The third kappa shape index (κ3) is 2.22. The van der Waals surface area contributed by atoms with Crippen LogP contribution in [0.4, 0.5) is 11.4 Å². The highest BCUT2D eigenvalue weighted by molar-refractivity contribution is 6.00. The van der Waals surface area contributed by atoms with E-state index in [1.165, 1.54) is 0 Å². The summed E-state index contributed by atoms with van der Waals surface area (Å²) in [5, 5.41) is 12.1. The van der Waals surface area contributed by atoms with Crippen LogP contribution in [0.1, 0.15) is 25.0 Å². The number of aliphatic hydroxyl groups excluding tert-OH is 1. The molecule has 1 atom stereocenters. The molecule has 0 saturated carbocycles. The van der Waals surface area contributed by atoms with Crippen LogP contribution in [0.2, 0.25) is 0 Å². The zero-order chi connectivity index (χ0) is 20.4. The molecule has 0 fully saturated rings. The van der Waals surface area contributed by atoms with Crippen molar-refractivity contribution in [3.05, 3.63) is 59.7 Å². The van der Waals surface area contributed by atoms with Gasteiger partial charge in [-0.2, -0.15) is 0 Å². The van der Waals surface area contributed by atoms with Gasteiger partial charge in [-0.3, -0.25) is 4.99 Å². The van der Waals surface area contributed by atoms with E-state index in [9.17, 15) is 5.11 Å². The average molecular weight is 388 g/mol. The number of hydrogen-bond acceptors (Lipinski definition) is 5. The highest BCUT2D eigenvalue weighted by atomic mass is 16.5. The van der Waals surface area contributed by atoms with E-state index in [4.69, 9.17) is 14.5 Å². The summed E-state index contributed by atoms with van der Waals surface area (Å²) in [6.07, 6.45) is 1.91. The van der Waals surface area contributed by atoms with Crippen molar-refractivity contribution in [3.63, 3.8) is 0 Å². The number of fused-ring (bicyclic) bond motifs is 4. The highest BCUT2D eigenvalue weighted by Gasteiger charge is 2.59. The van der Waals surface area contributed by atoms with E-state index < -0.39 is 11.1 Å². The molecule has 0 saturated heterocycles. The minimum Gasteiger partial charge on any atom is -0.497 e. The Morgan fingerprint density at radius 1 is 1.14 bits per heavy atom. The van der Waals surface area contributed by atoms with Crippen molar-refractivity contribution in [1.29, 1.82) is 0 Å². The van der Waals surface area contributed by atoms with Gasteiger partial charge in [0.05, 0.1) is 25.3 Å². The molecule has 0 bridgehead atoms. The molecule has 148 valence electrons. The van der Waals surface area contributed by atoms with Crippen LogP contribution in [0.5, 0.6) is 11.5 Å². The Labute approximate surface area is 170 Å². The summed E-state index contributed by atoms with van der Waals surface area (Å²) in [5.74, 6) is 1.46. The number of benzene rings is 3. The zero-order valence-corrected chi connectivity index (χ0v) is 17.1. The van der Waals surface area contributed by atoms with E-state index in [2.05, 4.69) is 30.9 Å². The summed E-state index contributed by atoms with van der Waals surface area (Å²) in [6.45, 7) is 4.21. The lowest BCUT2D eigenvalue weighted by molar-refractivity contribution is 0.0797. The molecule has 0 aliphatic carbocycles. The second-order valence-electron chi connectivity index (χ2n) is 8.22. The molecule has 5 heteroatoms. The Hall–Kier alpha value is -3.05. The van der Waals surface area contributed by atoms with Gasteiger partial charge in [0.2, 0.25) is 5.72 Å². The summed E-state index contributed by atoms with van der Waals surface area (Å²) >= 11 is 0. The maximum atomic E-state index is 10.1. The molecule has 5 rings (SSSR count). The summed E-state index contributed by atoms with van der Waals surface area (Å²) < 4.78 is 12.2. The second-order valence-corrected chi connectivity index (χ2v) is 8.22. The number of rotatable bonds is 2. The Morgan fingerprint density at radius 2 is 1.93 bits per heavy atom. The van der Waals surface area contributed by atoms with Crippen LogP contribution >= 0.6 is 0 Å². The first kappa shape index (κ1) is 18.0. The summed E-state index contributed by atoms with van der Waals surface area (Å²) in [5.41, 5.74) is 2.53. The number of anilines is 1. The van der Waals surface area contributed by atoms with Crippen molar-refractivity contribution < 1.29 is 14.6 Å². The quantitative estimate of drug-likeness (QED) is 0.699. The third-order valence-electron chi connectivity index (χ3n) is 6.48. The maximum Gasteiger partial charge on any atom is 0.228 e. The topological polar surface area (TPSA) is 54.3 Å². The van der Waals surface area contributed by atoms with Crippen molar-refractivity contribution in [2.24, 2.45) is 4.99 Å². The summed E-state index contributed by atoms with van der Waals surface area (Å²) in [4.78, 5) is 7.03. The van der Waals surface area contributed by atoms with Gasteiger partial charge < -0.3 is 19.5 Å². The molecule has 1 N–H and O–H groups in total. The van der Waals surface area contributed by atoms with E-state index in [1.54, 1.807) is 7.11 Å². The molecule has 3 aromatic carbocycles. The monoisotopic (exact) mass is 388 g/mol. The van der Waals surface area contributed by atoms with Crippen molar-refractivity contribution in [2.75, 3.05) is 19.1 Å². The molecule has 29 heavy (non-hydrogen) atoms. The minimum atomic E-state index is -0.804. The Morgan fingerprint density at radius 3 is 2.69 bits per heavy atom. The lowest BCUT2D eigenvalue weighted by Gasteiger charge is -2.45. The van der Waals surface area contributed by atoms with Crippen LogP contribution in [0.3, 0.4) is 0 Å². The van der Waals surface area contributed by atoms with E-state index in [1.807, 2.05) is 49.7 Å². The molecule has 0 aromatic heterocycles. The van der Waals surface area contributed by atoms with Gasteiger partial charge in [-0.25, -0.2) is 0 Å². The fourth-order valence-corrected chi connectivity index (χ4v) is 4.73. The molecule has 0 amide bonds. The Bertz CT molecular complexity index is 1170. The number of methoxy groups -OCH3 is 1. The summed E-state index contributed by atoms with van der Waals surface area (Å²) in [6, 6.07) is 16.1. The van der Waals surface area contributed by atoms with Gasteiger partial charge in [0.1, 0.15) is 11.4 Å². The molecule has 2 aliphatic rings. The van der Waals surface area contributed by atoms with Crippen molar-refractivity contribution in [3.8, 4) is 11.5 Å². The minimum absolute atomic E-state index is 0.107. The molecule has 2 heterocycles. The standard InChI is InChI=1S/C24H24N2O3/c1-23(2)19-12-17(28-4)9-10-20(19)26(3)24(23)14-25-21-18-8-6-5-7-15(18)11-16(13-27)22(21)29-24/h5-12,14,27H,13H2,1-4H3. The molecule has 0 radical (unpaired) electrons. The van der Waals surface area contributed by atoms with E-state index >= 15 is 0 Å². The van der Waals surface area contributed by atoms with Gasteiger partial charge in [-0.05, 0) is 49.1 Å². The molecule has 1 spiro atoms. The number of nitrogens with zero attached hydrogens (tertiary/aromatic N) is 2. The van der Waals surface area contributed by atoms with Gasteiger partial charge in [-0.15, -0.1) is 0 Å². The molecular weight excluding hydrogens is 364 g/mol. The van der Waals surface area contributed by atoms with Crippen LogP contribution in [0.15, 0.2) is 53.5 Å². The third-order valence-corrected chi connectivity index (χ3v) is 6.48. The van der Waals surface area contributed by atoms with Gasteiger partial charge >= 0.3 is 0 Å². The fourth-order valence-electron chi connectivity index (χ4n) is 4.73. The number of ether oxygens (including phenoxy) is 2. The first-order valence-electron chi connectivity index (χ1n) is 9.75. The smallest absolute Gasteiger partial charge is 0.228 e. The lowest BCUT2D eigenvalue weighted by Crippen LogP contribution is -2.61. The van der Waals surface area contributed by atoms with E-state index in [-0.39, 0.29) is 6.61 Å². The van der Waals surface area contributed by atoms with Gasteiger partial charge in [0.25, 0.3) is 0 Å². The second kappa shape index (κ2) is 5.97. The van der Waals surface area contributed by atoms with Crippen molar-refractivity contribution in [1.82, 2.24) is 0 Å². The molecule has 3 aromatic rings. The lowest BCUT2D eigenvalue weighted by atomic mass is 9.77. The average Bonchev–Trinajstić information content (AvgIpc) is 2.91. The van der Waals surface area contributed by atoms with Crippen LogP contribution < -0.4 is 14.4 Å². The van der Waals surface area contributed by atoms with Crippen LogP contribution in [-0.2, 0) is 12.0 Å². The number of hydrogen-bond donors (Lipinski definition) is 1. The van der Waals surface area contributed by atoms with Crippen LogP contribution in [0.25, 0.3) is 10.8 Å². The molecular formula is C24H24N2O3. The van der Waals surface area contributed by atoms with Crippen molar-refractivity contribution >= 4 is 28.4 Å². The first-order chi connectivity index (χ1) is 13.9. The maximum absolute atomic E-state index is 10.1. The summed E-state index contributed by atoms with van der Waals surface area (Å²) in [7, 11) is 3.70. The number of aliphatic imine (C=N–C) groups is 1. The normalized spacial score (nSPS) is 21.2. The first-order valence-corrected chi connectivity index (χ1v) is 9.75. The van der Waals surface area contributed by atoms with Gasteiger partial charge in [0, 0.05) is 23.7 Å². The Kier molecular flexibility index (Phi) is 3.71. The SMILES string of the molecule is COc1ccc2c(c1)C(C)(C)C1(C=Nc3c(c(CO)cc4ccccc34)O1)N2C. The predicted octanol–water partition coefficient (Wildman–Crippen LogP) is 4.56. The largest absolute Gasteiger partial charge is 0.497 e. The number of aliphatic hydroxyl groups is 1. The van der Waals surface area contributed by atoms with Gasteiger partial charge in [0.15, 0.2) is 5.75 Å². The number of likely N-dealkylation sites (N-methyl/N-ethyl adjacent to an activating group) is 1. The van der Waals surface area contributed by atoms with E-state index in [0.717, 1.165) is 39.0 Å². The molecule has 2 aliphatic heterocycles. The van der Waals surface area contributed by atoms with E-state index in [0.29, 0.717) is 5.75 Å². The molecule has 1 unspecified atom stereocenters. The molecule has 5 nitrogen and oxygen atoms in total. The predicted molar refractivity (Wildman–Crippen MR) is 116 cm³/mol. The highest BCUT2D eigenvalue weighted by Crippen LogP contribution is 2.55. The Balaban J connectivity index is 1.73. The van der Waals surface area contributed by atoms with Gasteiger partial charge in [-0.1, -0.05) is 24.3 Å².